The first kappa shape index (κ1) is 13.4. The third-order valence-corrected chi connectivity index (χ3v) is 3.73. The van der Waals surface area contributed by atoms with Crippen LogP contribution in [0.15, 0.2) is 37.4 Å². The molecule has 1 N–H and O–H groups in total. The molecular weight excluding hydrogens is 232 g/mol. The van der Waals surface area contributed by atoms with Crippen molar-refractivity contribution in [3.63, 3.8) is 0 Å². The predicted molar refractivity (Wildman–Crippen MR) is 83.7 cm³/mol. The van der Waals surface area contributed by atoms with Crippen LogP contribution in [-0.4, -0.2) is 5.11 Å². The third kappa shape index (κ3) is 2.06. The van der Waals surface area contributed by atoms with Gasteiger partial charge in [-0.2, -0.15) is 0 Å². The number of hydrogen-bond donors (Lipinski definition) is 1. The molecule has 0 amide bonds. The molecule has 1 nitrogen and oxygen atoms in total. The Hall–Kier alpha value is -2.02. The van der Waals surface area contributed by atoms with Crippen molar-refractivity contribution in [1.29, 1.82) is 0 Å². The minimum absolute atomic E-state index is 0.402. The molecule has 0 spiro atoms. The highest BCUT2D eigenvalue weighted by Gasteiger charge is 2.16. The van der Waals surface area contributed by atoms with Crippen LogP contribution in [0.2, 0.25) is 0 Å². The summed E-state index contributed by atoms with van der Waals surface area (Å²) in [6.07, 6.45) is 2.58. The molecule has 0 aliphatic carbocycles. The Bertz CT molecular complexity index is 678. The molecule has 0 aromatic heterocycles. The normalized spacial score (nSPS) is 10.7. The van der Waals surface area contributed by atoms with Gasteiger partial charge in [0.2, 0.25) is 0 Å². The number of phenolic OH excluding ortho intramolecular Hbond substituents is 1. The average Bonchev–Trinajstić information content (AvgIpc) is 2.40. The predicted octanol–water partition coefficient (Wildman–Crippen LogP) is 4.92. The molecular formula is C18H20O. The van der Waals surface area contributed by atoms with Crippen molar-refractivity contribution in [1.82, 2.24) is 0 Å². The van der Waals surface area contributed by atoms with Gasteiger partial charge < -0.3 is 5.11 Å². The van der Waals surface area contributed by atoms with Crippen LogP contribution in [-0.2, 0) is 6.42 Å². The van der Waals surface area contributed by atoms with Crippen LogP contribution in [0.3, 0.4) is 0 Å². The zero-order valence-corrected chi connectivity index (χ0v) is 11.9. The molecule has 98 valence electrons. The summed E-state index contributed by atoms with van der Waals surface area (Å²) in [5, 5.41) is 12.4. The summed E-state index contributed by atoms with van der Waals surface area (Å²) in [7, 11) is 0. The molecule has 2 aromatic carbocycles. The van der Waals surface area contributed by atoms with Crippen LogP contribution in [0.4, 0.5) is 0 Å². The molecule has 0 unspecified atom stereocenters. The fourth-order valence-corrected chi connectivity index (χ4v) is 2.71. The van der Waals surface area contributed by atoms with Crippen LogP contribution in [0, 0.1) is 13.8 Å². The fraction of sp³-hybridized carbons (Fsp3) is 0.222. The smallest absolute Gasteiger partial charge is 0.126 e. The largest absolute Gasteiger partial charge is 0.507 e. The van der Waals surface area contributed by atoms with Gasteiger partial charge in [0.05, 0.1) is 0 Å². The molecule has 0 aliphatic rings. The number of aryl methyl sites for hydroxylation is 1. The number of phenols is 1. The fourth-order valence-electron chi connectivity index (χ4n) is 2.71. The lowest BCUT2D eigenvalue weighted by molar-refractivity contribution is 0.474. The molecule has 0 saturated heterocycles. The Morgan fingerprint density at radius 3 is 2.53 bits per heavy atom. The van der Waals surface area contributed by atoms with E-state index in [1.807, 2.05) is 19.9 Å². The second-order valence-corrected chi connectivity index (χ2v) is 4.96. The van der Waals surface area contributed by atoms with E-state index < -0.39 is 0 Å². The lowest BCUT2D eigenvalue weighted by atomic mass is 9.88. The minimum atomic E-state index is 0.402. The van der Waals surface area contributed by atoms with Crippen LogP contribution < -0.4 is 0 Å². The van der Waals surface area contributed by atoms with Crippen LogP contribution >= 0.6 is 0 Å². The van der Waals surface area contributed by atoms with Crippen molar-refractivity contribution in [2.75, 3.05) is 0 Å². The molecule has 1 heteroatoms. The van der Waals surface area contributed by atoms with E-state index in [-0.39, 0.29) is 0 Å². The van der Waals surface area contributed by atoms with Gasteiger partial charge in [-0.05, 0) is 54.0 Å². The van der Waals surface area contributed by atoms with Crippen molar-refractivity contribution in [2.45, 2.75) is 27.2 Å². The van der Waals surface area contributed by atoms with Crippen molar-refractivity contribution < 1.29 is 5.11 Å². The first-order valence-electron chi connectivity index (χ1n) is 6.57. The Kier molecular flexibility index (Phi) is 3.48. The number of fused-ring (bicyclic) bond motifs is 1. The Labute approximate surface area is 114 Å². The van der Waals surface area contributed by atoms with Crippen molar-refractivity contribution in [3.05, 3.63) is 59.7 Å². The quantitative estimate of drug-likeness (QED) is 0.768. The third-order valence-electron chi connectivity index (χ3n) is 3.73. The van der Waals surface area contributed by atoms with Crippen LogP contribution in [0.1, 0.15) is 29.2 Å². The molecule has 19 heavy (non-hydrogen) atoms. The molecule has 0 radical (unpaired) electrons. The van der Waals surface area contributed by atoms with Crippen molar-refractivity contribution >= 4 is 16.3 Å². The van der Waals surface area contributed by atoms with E-state index in [2.05, 4.69) is 32.2 Å². The second-order valence-electron chi connectivity index (χ2n) is 4.96. The first-order valence-corrected chi connectivity index (χ1v) is 6.57. The summed E-state index contributed by atoms with van der Waals surface area (Å²) < 4.78 is 0. The molecule has 0 atom stereocenters. The lowest BCUT2D eigenvalue weighted by Gasteiger charge is -2.17. The molecule has 0 fully saturated rings. The topological polar surface area (TPSA) is 20.2 Å². The maximum Gasteiger partial charge on any atom is 0.126 e. The summed E-state index contributed by atoms with van der Waals surface area (Å²) in [5.41, 5.74) is 5.24. The minimum Gasteiger partial charge on any atom is -0.507 e. The zero-order valence-electron chi connectivity index (χ0n) is 11.9. The van der Waals surface area contributed by atoms with Crippen LogP contribution in [0.25, 0.3) is 16.3 Å². The Morgan fingerprint density at radius 1 is 1.26 bits per heavy atom. The molecule has 0 aliphatic heterocycles. The number of allylic oxidation sites excluding steroid dienone is 2. The van der Waals surface area contributed by atoms with Crippen LogP contribution in [0.5, 0.6) is 5.75 Å². The van der Waals surface area contributed by atoms with Gasteiger partial charge in [-0.3, -0.25) is 0 Å². The first-order chi connectivity index (χ1) is 9.01. The van der Waals surface area contributed by atoms with Gasteiger partial charge in [-0.1, -0.05) is 43.9 Å². The zero-order chi connectivity index (χ0) is 14.2. The summed E-state index contributed by atoms with van der Waals surface area (Å²) in [4.78, 5) is 0. The standard InChI is InChI=1S/C18H20O/c1-6-12(4)17-13(5)14(7-2)18(19)16-10-11(3)8-9-15(16)17/h6,8-10,19H,1,4,7H2,2-3,5H3. The van der Waals surface area contributed by atoms with E-state index in [1.165, 1.54) is 0 Å². The number of benzene rings is 2. The molecule has 0 saturated carbocycles. The SMILES string of the molecule is C=CC(=C)c1c(C)c(CC)c(O)c2cc(C)ccc12. The summed E-state index contributed by atoms with van der Waals surface area (Å²) in [6, 6.07) is 6.15. The van der Waals surface area contributed by atoms with Gasteiger partial charge in [0.15, 0.2) is 0 Å². The van der Waals surface area contributed by atoms with Gasteiger partial charge in [0, 0.05) is 5.39 Å². The number of rotatable bonds is 3. The maximum absolute atomic E-state index is 10.5. The Morgan fingerprint density at radius 2 is 1.95 bits per heavy atom. The van der Waals surface area contributed by atoms with E-state index in [9.17, 15) is 5.11 Å². The maximum atomic E-state index is 10.5. The highest BCUT2D eigenvalue weighted by atomic mass is 16.3. The van der Waals surface area contributed by atoms with Crippen molar-refractivity contribution in [3.8, 4) is 5.75 Å². The van der Waals surface area contributed by atoms with Gasteiger partial charge in [-0.15, -0.1) is 0 Å². The summed E-state index contributed by atoms with van der Waals surface area (Å²) in [5.74, 6) is 0.402. The van der Waals surface area contributed by atoms with Gasteiger partial charge in [-0.25, -0.2) is 0 Å². The summed E-state index contributed by atoms with van der Waals surface area (Å²) >= 11 is 0. The number of hydrogen-bond acceptors (Lipinski definition) is 1. The highest BCUT2D eigenvalue weighted by Crippen LogP contribution is 2.38. The number of aromatic hydroxyl groups is 1. The Balaban J connectivity index is 3.01. The second kappa shape index (κ2) is 4.93. The van der Waals surface area contributed by atoms with E-state index in [1.54, 1.807) is 6.08 Å². The molecule has 0 bridgehead atoms. The van der Waals surface area contributed by atoms with E-state index in [4.69, 9.17) is 0 Å². The molecule has 2 aromatic rings. The van der Waals surface area contributed by atoms with E-state index in [0.717, 1.165) is 45.0 Å². The molecule has 0 heterocycles. The average molecular weight is 252 g/mol. The molecule has 2 rings (SSSR count). The van der Waals surface area contributed by atoms with Gasteiger partial charge in [0.25, 0.3) is 0 Å². The van der Waals surface area contributed by atoms with Crippen molar-refractivity contribution in [2.24, 2.45) is 0 Å². The van der Waals surface area contributed by atoms with E-state index >= 15 is 0 Å². The van der Waals surface area contributed by atoms with E-state index in [0.29, 0.717) is 5.75 Å². The summed E-state index contributed by atoms with van der Waals surface area (Å²) in [6.45, 7) is 14.0. The lowest BCUT2D eigenvalue weighted by Crippen LogP contribution is -1.97. The van der Waals surface area contributed by atoms with Gasteiger partial charge >= 0.3 is 0 Å². The van der Waals surface area contributed by atoms with Gasteiger partial charge in [0.1, 0.15) is 5.75 Å². The highest BCUT2D eigenvalue weighted by molar-refractivity contribution is 6.01. The monoisotopic (exact) mass is 252 g/mol.